The Morgan fingerprint density at radius 2 is 0.703 bits per heavy atom. The maximum Gasteiger partial charge on any atom is 0.333 e. The van der Waals surface area contributed by atoms with Crippen LogP contribution < -0.4 is 42.8 Å². The van der Waals surface area contributed by atoms with Crippen LogP contribution in [0.1, 0.15) is 63.9 Å². The van der Waals surface area contributed by atoms with Gasteiger partial charge in [-0.1, -0.05) is 60.7 Å². The Labute approximate surface area is 838 Å². The first-order valence-electron chi connectivity index (χ1n) is 47.2. The number of benzene rings is 10. The van der Waals surface area contributed by atoms with Gasteiger partial charge in [0.25, 0.3) is 0 Å². The van der Waals surface area contributed by atoms with Gasteiger partial charge in [-0.15, -0.1) is 11.3 Å². The minimum Gasteiger partial charge on any atom is -0.368 e. The van der Waals surface area contributed by atoms with Gasteiger partial charge in [0, 0.05) is 147 Å². The molecule has 0 unspecified atom stereocenters. The van der Waals surface area contributed by atoms with Crippen LogP contribution in [0.3, 0.4) is 0 Å². The van der Waals surface area contributed by atoms with E-state index in [0.29, 0.717) is 119 Å². The number of nitriles is 5. The fourth-order valence-corrected chi connectivity index (χ4v) is 21.4. The van der Waals surface area contributed by atoms with Crippen LogP contribution in [0.5, 0.6) is 0 Å². The molecule has 10 aromatic carbocycles. The van der Waals surface area contributed by atoms with E-state index in [-0.39, 0.29) is 40.4 Å². The number of nitrogens with zero attached hydrogens (tertiary/aromatic N) is 22. The molecule has 13 heterocycles. The summed E-state index contributed by atoms with van der Waals surface area (Å²) in [6.07, 6.45) is 6.89. The molecule has 23 rings (SSSR count). The smallest absolute Gasteiger partial charge is 0.333 e. The molecule has 3 aliphatic heterocycles. The summed E-state index contributed by atoms with van der Waals surface area (Å²) in [6, 6.07) is 72.1. The maximum absolute atomic E-state index is 13.7. The summed E-state index contributed by atoms with van der Waals surface area (Å²) in [5.74, 6) is -0.209. The first-order chi connectivity index (χ1) is 70.2. The molecular weight excluding hydrogens is 1860 g/mol. The number of nitrogens with one attached hydrogen (secondary N) is 1. The summed E-state index contributed by atoms with van der Waals surface area (Å²) in [7, 11) is 6.95. The van der Waals surface area contributed by atoms with Crippen molar-refractivity contribution in [2.45, 2.75) is 41.5 Å². The van der Waals surface area contributed by atoms with Crippen LogP contribution in [-0.4, -0.2) is 157 Å². The van der Waals surface area contributed by atoms with Gasteiger partial charge in [-0.25, -0.2) is 23.6 Å². The minimum absolute atomic E-state index is 0.0475. The van der Waals surface area contributed by atoms with E-state index in [2.05, 4.69) is 117 Å². The van der Waals surface area contributed by atoms with Gasteiger partial charge in [-0.3, -0.25) is 66.1 Å². The van der Waals surface area contributed by atoms with Crippen molar-refractivity contribution in [3.05, 3.63) is 333 Å². The van der Waals surface area contributed by atoms with Crippen molar-refractivity contribution in [2.75, 3.05) is 93.2 Å². The third-order valence-electron chi connectivity index (χ3n) is 27.9. The molecule has 0 saturated carbocycles. The van der Waals surface area contributed by atoms with Crippen LogP contribution in [0.15, 0.2) is 254 Å². The Morgan fingerprint density at radius 3 is 1.08 bits per heavy atom. The van der Waals surface area contributed by atoms with E-state index >= 15 is 0 Å². The fraction of sp³-hybridized carbons (Fsp3) is 0.195. The van der Waals surface area contributed by atoms with Crippen molar-refractivity contribution in [2.24, 2.45) is 28.2 Å². The highest BCUT2D eigenvalue weighted by Gasteiger charge is 2.30. The van der Waals surface area contributed by atoms with Crippen molar-refractivity contribution in [1.82, 2.24) is 71.6 Å². The minimum atomic E-state index is -0.307. The molecule has 0 spiro atoms. The van der Waals surface area contributed by atoms with Gasteiger partial charge >= 0.3 is 22.8 Å². The third-order valence-corrected chi connectivity index (χ3v) is 29.5. The molecule has 10 aromatic heterocycles. The number of carbonyl (C=O) groups is 2. The molecule has 0 bridgehead atoms. The Morgan fingerprint density at radius 1 is 0.345 bits per heavy atom. The van der Waals surface area contributed by atoms with Crippen molar-refractivity contribution in [1.29, 1.82) is 26.3 Å². The van der Waals surface area contributed by atoms with E-state index in [9.17, 15) is 59.5 Å². The topological polar surface area (TPSA) is 341 Å². The van der Waals surface area contributed by atoms with E-state index < -0.39 is 0 Å². The number of carbonyl (C=O) groups excluding carboxylic acids is 2. The summed E-state index contributed by atoms with van der Waals surface area (Å²) in [6.45, 7) is 19.4. The monoisotopic (exact) mass is 1950 g/mol. The molecule has 145 heavy (non-hydrogen) atoms. The Kier molecular flexibility index (Phi) is 25.4. The molecule has 29 nitrogen and oxygen atoms in total. The number of thiophene rings is 2. The Hall–Kier alpha value is -18.0. The summed E-state index contributed by atoms with van der Waals surface area (Å²) in [4.78, 5) is 107. The SMILES string of the molecule is CC(=O)N1CCN(c2cc(C)c(-n3c(=O)n(C)c4cnc5ccc(-c6ccc(F)cc6)cc5c43)cc2C#N)CC1.CC(=O)N1CCN(c2cc(C)c(-n3c(=O)n(C)c4cnc5ccc(-c6cccc(C#N)c6)cc5c43)cc2C#N)CC1.Cc1cc(N2CCNCC2)c(C#N)cc1-n1c(=O)n(C)c2cnc3ccc(-c4cccs4)cc3c21.Cc1ccc(C#N)cc1-n1c(=O)n(C)c2cnc3ccc(-c4ccsc4)cc3c21. The summed E-state index contributed by atoms with van der Waals surface area (Å²) < 4.78 is 26.7. The lowest BCUT2D eigenvalue weighted by molar-refractivity contribution is -0.129. The molecule has 0 atom stereocenters. The van der Waals surface area contributed by atoms with Crippen LogP contribution in [0.25, 0.3) is 154 Å². The Bertz CT molecular complexity index is 9220. The van der Waals surface area contributed by atoms with Crippen LogP contribution >= 0.6 is 22.7 Å². The third kappa shape index (κ3) is 17.3. The number of hydrogen-bond acceptors (Lipinski definition) is 21. The average molecular weight is 1950 g/mol. The highest BCUT2D eigenvalue weighted by atomic mass is 32.1. The van der Waals surface area contributed by atoms with Crippen LogP contribution in [0.4, 0.5) is 21.5 Å². The normalized spacial score (nSPS) is 13.2. The van der Waals surface area contributed by atoms with Crippen LogP contribution in [0, 0.1) is 90.2 Å². The summed E-state index contributed by atoms with van der Waals surface area (Å²) in [5.41, 5.74) is 26.4. The van der Waals surface area contributed by atoms with E-state index in [4.69, 9.17) is 0 Å². The van der Waals surface area contributed by atoms with Gasteiger partial charge in [-0.2, -0.15) is 37.6 Å². The molecule has 2 amide bonds. The highest BCUT2D eigenvalue weighted by Crippen LogP contribution is 2.41. The zero-order valence-electron chi connectivity index (χ0n) is 81.0. The second kappa shape index (κ2) is 38.9. The van der Waals surface area contributed by atoms with Crippen molar-refractivity contribution in [3.63, 3.8) is 0 Å². The maximum atomic E-state index is 13.7. The number of pyridine rings is 4. The first kappa shape index (κ1) is 94.6. The number of hydrogen-bond donors (Lipinski definition) is 1. The molecule has 1 N–H and O–H groups in total. The van der Waals surface area contributed by atoms with Gasteiger partial charge in [0.2, 0.25) is 11.8 Å². The standard InChI is InChI=1S/C32H27N7O2.C31H27FN6O2.C27H24N6OS.C23H16N4OS/c1-20-13-29(38-11-9-37(10-12-38)21(2)40)25(18-34)16-28(20)39-31-26-15-24(23-6-4-5-22(14-23)17-33)7-8-27(26)35-19-30(31)36(3)32(39)41;1-19-14-28(37-12-10-36(11-13-37)20(2)39)23(17-33)16-27(19)38-30-25-15-22(21-4-7-24(32)8-5-21)6-9-26(25)34-18-29(30)35(3)31(38)40;1-17-12-23(32-9-7-29-8-10-32)19(15-28)14-22(17)33-26-20-13-18(25-4-3-11-35-25)5-6-21(20)30-16-24(26)31(2)27(33)34;1-14-3-4-15(11-24)9-20(14)27-22-18-10-16(17-7-8-29-13-17)5-6-19(18)25-12-21(22)26(2)23(27)28/h4-8,13-16,19H,9-12H2,1-3H3;4-9,14-16,18H,10-13H2,1-3H3;3-6,11-14,16,29H,7-10H2,1-2H3;3-10,12-13H,1-2H3. The molecule has 0 aliphatic carbocycles. The van der Waals surface area contributed by atoms with E-state index in [0.717, 1.165) is 181 Å². The van der Waals surface area contributed by atoms with E-state index in [1.165, 1.54) is 12.1 Å². The number of fused-ring (bicyclic) bond motifs is 12. The molecule has 3 fully saturated rings. The predicted molar refractivity (Wildman–Crippen MR) is 569 cm³/mol. The zero-order chi connectivity index (χ0) is 101. The van der Waals surface area contributed by atoms with Crippen molar-refractivity contribution in [3.8, 4) is 96.9 Å². The molecule has 3 aliphatic rings. The lowest BCUT2D eigenvalue weighted by atomic mass is 10.0. The molecule has 20 aromatic rings. The van der Waals surface area contributed by atoms with Crippen molar-refractivity contribution < 1.29 is 14.0 Å². The average Bonchev–Trinajstić information content (AvgIpc) is 1.53. The van der Waals surface area contributed by atoms with Gasteiger partial charge < -0.3 is 29.8 Å². The number of anilines is 3. The second-order valence-corrected chi connectivity index (χ2v) is 38.2. The highest BCUT2D eigenvalue weighted by molar-refractivity contribution is 7.13. The van der Waals surface area contributed by atoms with E-state index in [1.54, 1.807) is 173 Å². The summed E-state index contributed by atoms with van der Waals surface area (Å²) in [5, 5.41) is 62.0. The quantitative estimate of drug-likeness (QED) is 0.126. The molecule has 3 saturated heterocycles. The Balaban J connectivity index is 0.000000119. The number of imidazole rings is 4. The number of aryl methyl sites for hydroxylation is 8. The van der Waals surface area contributed by atoms with E-state index in [1.807, 2.05) is 141 Å². The van der Waals surface area contributed by atoms with Crippen LogP contribution in [0.2, 0.25) is 0 Å². The van der Waals surface area contributed by atoms with Gasteiger partial charge in [0.15, 0.2) is 0 Å². The van der Waals surface area contributed by atoms with Gasteiger partial charge in [-0.05, 0) is 238 Å². The van der Waals surface area contributed by atoms with Gasteiger partial charge in [0.05, 0.1) is 171 Å². The number of rotatable bonds is 11. The number of piperazine rings is 3. The molecule has 32 heteroatoms. The predicted octanol–water partition coefficient (Wildman–Crippen LogP) is 17.8. The zero-order valence-corrected chi connectivity index (χ0v) is 82.6. The molecule has 716 valence electrons. The van der Waals surface area contributed by atoms with Crippen molar-refractivity contribution >= 4 is 139 Å². The fourth-order valence-electron chi connectivity index (χ4n) is 20.0. The molecule has 0 radical (unpaired) electrons. The van der Waals surface area contributed by atoms with Gasteiger partial charge in [0.1, 0.15) is 24.0 Å². The summed E-state index contributed by atoms with van der Waals surface area (Å²) >= 11 is 3.33. The second-order valence-electron chi connectivity index (χ2n) is 36.4. The largest absolute Gasteiger partial charge is 0.368 e. The number of aromatic nitrogens is 12. The number of amides is 2. The number of halogens is 1. The lowest BCUT2D eigenvalue weighted by Crippen LogP contribution is -2.48. The molecular formula is C113H94FN23O6S2. The lowest BCUT2D eigenvalue weighted by Gasteiger charge is -2.36. The first-order valence-corrected chi connectivity index (χ1v) is 49.0. The van der Waals surface area contributed by atoms with Crippen LogP contribution in [-0.2, 0) is 37.8 Å².